The molecule has 0 aromatic heterocycles. The van der Waals surface area contributed by atoms with E-state index in [9.17, 15) is 4.79 Å². The van der Waals surface area contributed by atoms with Gasteiger partial charge in [0, 0.05) is 23.6 Å². The van der Waals surface area contributed by atoms with Crippen LogP contribution in [0, 0.1) is 6.92 Å². The topological polar surface area (TPSA) is 47.6 Å². The van der Waals surface area contributed by atoms with Gasteiger partial charge in [-0.05, 0) is 30.7 Å². The second-order valence-electron chi connectivity index (χ2n) is 5.74. The van der Waals surface area contributed by atoms with Crippen LogP contribution in [0.2, 0.25) is 0 Å². The lowest BCUT2D eigenvalue weighted by atomic mass is 10.1. The predicted octanol–water partition coefficient (Wildman–Crippen LogP) is 3.60. The molecule has 0 aliphatic heterocycles. The van der Waals surface area contributed by atoms with Gasteiger partial charge in [-0.15, -0.1) is 0 Å². The number of benzene rings is 2. The highest BCUT2D eigenvalue weighted by Crippen LogP contribution is 2.24. The lowest BCUT2D eigenvalue weighted by Crippen LogP contribution is -2.27. The smallest absolute Gasteiger partial charge is 0.224 e. The van der Waals surface area contributed by atoms with Crippen LogP contribution in [0.3, 0.4) is 0 Å². The van der Waals surface area contributed by atoms with E-state index in [0.717, 1.165) is 22.8 Å². The number of amides is 1. The number of carbonyl (C=O) groups is 1. The summed E-state index contributed by atoms with van der Waals surface area (Å²) in [5.74, 6) is 3.25. The van der Waals surface area contributed by atoms with Crippen molar-refractivity contribution in [1.29, 1.82) is 0 Å². The minimum absolute atomic E-state index is 0.0116. The third-order valence-corrected chi connectivity index (χ3v) is 4.83. The zero-order valence-corrected chi connectivity index (χ0v) is 15.8. The summed E-state index contributed by atoms with van der Waals surface area (Å²) in [5.41, 5.74) is 3.41. The first-order chi connectivity index (χ1) is 12.1. The van der Waals surface area contributed by atoms with Crippen LogP contribution in [-0.2, 0) is 17.0 Å². The second-order valence-corrected chi connectivity index (χ2v) is 6.85. The van der Waals surface area contributed by atoms with Gasteiger partial charge in [0.05, 0.1) is 20.6 Å². The molecule has 0 bridgehead atoms. The Labute approximate surface area is 153 Å². The van der Waals surface area contributed by atoms with E-state index in [1.54, 1.807) is 14.2 Å². The molecule has 0 saturated carbocycles. The molecular weight excluding hydrogens is 334 g/mol. The summed E-state index contributed by atoms with van der Waals surface area (Å²) in [4.78, 5) is 12.1. The van der Waals surface area contributed by atoms with E-state index < -0.39 is 0 Å². The van der Waals surface area contributed by atoms with Gasteiger partial charge in [0.2, 0.25) is 5.91 Å². The highest BCUT2D eigenvalue weighted by atomic mass is 32.2. The van der Waals surface area contributed by atoms with E-state index in [-0.39, 0.29) is 12.3 Å². The first-order valence-electron chi connectivity index (χ1n) is 8.23. The number of nitrogens with one attached hydrogen (secondary N) is 1. The molecule has 4 nitrogen and oxygen atoms in total. The average molecular weight is 359 g/mol. The molecule has 134 valence electrons. The van der Waals surface area contributed by atoms with Gasteiger partial charge in [0.15, 0.2) is 0 Å². The van der Waals surface area contributed by atoms with Gasteiger partial charge in [-0.25, -0.2) is 0 Å². The van der Waals surface area contributed by atoms with Crippen molar-refractivity contribution in [2.45, 2.75) is 19.1 Å². The molecule has 0 aliphatic rings. The highest BCUT2D eigenvalue weighted by molar-refractivity contribution is 7.98. The molecule has 0 spiro atoms. The van der Waals surface area contributed by atoms with Crippen LogP contribution >= 0.6 is 11.8 Å². The summed E-state index contributed by atoms with van der Waals surface area (Å²) < 4.78 is 10.5. The number of aryl methyl sites for hydroxylation is 1. The molecule has 1 N–H and O–H groups in total. The van der Waals surface area contributed by atoms with Crippen molar-refractivity contribution in [2.24, 2.45) is 0 Å². The van der Waals surface area contributed by atoms with Crippen LogP contribution in [0.5, 0.6) is 11.5 Å². The minimum atomic E-state index is -0.0116. The third kappa shape index (κ3) is 6.35. The monoisotopic (exact) mass is 359 g/mol. The number of thioether (sulfide) groups is 1. The average Bonchev–Trinajstić information content (AvgIpc) is 2.63. The Hall–Kier alpha value is -2.14. The van der Waals surface area contributed by atoms with Crippen LogP contribution < -0.4 is 14.8 Å². The van der Waals surface area contributed by atoms with Crippen molar-refractivity contribution >= 4 is 17.7 Å². The van der Waals surface area contributed by atoms with Gasteiger partial charge >= 0.3 is 0 Å². The molecule has 0 saturated heterocycles. The van der Waals surface area contributed by atoms with E-state index in [4.69, 9.17) is 9.47 Å². The van der Waals surface area contributed by atoms with Gasteiger partial charge in [-0.2, -0.15) is 11.8 Å². The summed E-state index contributed by atoms with van der Waals surface area (Å²) in [5, 5.41) is 2.96. The maximum atomic E-state index is 12.1. The molecule has 5 heteroatoms. The number of rotatable bonds is 9. The predicted molar refractivity (Wildman–Crippen MR) is 104 cm³/mol. The molecule has 0 aliphatic carbocycles. The molecule has 0 radical (unpaired) electrons. The van der Waals surface area contributed by atoms with Crippen LogP contribution in [0.25, 0.3) is 0 Å². The fraction of sp³-hybridized carbons (Fsp3) is 0.350. The van der Waals surface area contributed by atoms with Crippen LogP contribution in [0.4, 0.5) is 0 Å². The van der Waals surface area contributed by atoms with Crippen molar-refractivity contribution in [3.05, 3.63) is 59.2 Å². The van der Waals surface area contributed by atoms with Crippen LogP contribution in [-0.4, -0.2) is 32.4 Å². The molecule has 0 atom stereocenters. The Balaban J connectivity index is 1.73. The number of hydrogen-bond acceptors (Lipinski definition) is 4. The Bertz CT molecular complexity index is 686. The molecule has 2 rings (SSSR count). The van der Waals surface area contributed by atoms with Crippen LogP contribution in [0.1, 0.15) is 16.7 Å². The summed E-state index contributed by atoms with van der Waals surface area (Å²) in [7, 11) is 3.21. The molecule has 25 heavy (non-hydrogen) atoms. The molecule has 1 amide bonds. The number of ether oxygens (including phenoxy) is 2. The Morgan fingerprint density at radius 3 is 2.52 bits per heavy atom. The largest absolute Gasteiger partial charge is 0.497 e. The summed E-state index contributed by atoms with van der Waals surface area (Å²) in [6.07, 6.45) is 0.281. The van der Waals surface area contributed by atoms with Gasteiger partial charge in [0.25, 0.3) is 0 Å². The standard InChI is InChI=1S/C20H25NO3S/c1-15-4-6-16(7-5-15)14-25-11-10-21-20(22)13-17-12-18(23-2)8-9-19(17)24-3/h4-9,12H,10-11,13-14H2,1-3H3,(H,21,22). The van der Waals surface area contributed by atoms with Crippen molar-refractivity contribution in [2.75, 3.05) is 26.5 Å². The normalized spacial score (nSPS) is 10.4. The zero-order valence-electron chi connectivity index (χ0n) is 15.0. The highest BCUT2D eigenvalue weighted by Gasteiger charge is 2.10. The zero-order chi connectivity index (χ0) is 18.1. The van der Waals surface area contributed by atoms with E-state index in [1.807, 2.05) is 30.0 Å². The summed E-state index contributed by atoms with van der Waals surface area (Å²) >= 11 is 1.81. The fourth-order valence-corrected chi connectivity index (χ4v) is 3.21. The van der Waals surface area contributed by atoms with E-state index in [0.29, 0.717) is 12.3 Å². The SMILES string of the molecule is COc1ccc(OC)c(CC(=O)NCCSCc2ccc(C)cc2)c1. The van der Waals surface area contributed by atoms with Gasteiger partial charge in [0.1, 0.15) is 11.5 Å². The first-order valence-corrected chi connectivity index (χ1v) is 9.38. The Morgan fingerprint density at radius 2 is 1.84 bits per heavy atom. The van der Waals surface area contributed by atoms with Crippen molar-refractivity contribution < 1.29 is 14.3 Å². The molecule has 0 fully saturated rings. The lowest BCUT2D eigenvalue weighted by Gasteiger charge is -2.11. The fourth-order valence-electron chi connectivity index (χ4n) is 2.39. The molecule has 2 aromatic rings. The number of hydrogen-bond donors (Lipinski definition) is 1. The lowest BCUT2D eigenvalue weighted by molar-refractivity contribution is -0.120. The van der Waals surface area contributed by atoms with Crippen molar-refractivity contribution in [1.82, 2.24) is 5.32 Å². The van der Waals surface area contributed by atoms with E-state index in [1.165, 1.54) is 11.1 Å². The Morgan fingerprint density at radius 1 is 1.08 bits per heavy atom. The van der Waals surface area contributed by atoms with Crippen LogP contribution in [0.15, 0.2) is 42.5 Å². The second kappa shape index (κ2) is 9.99. The third-order valence-electron chi connectivity index (χ3n) is 3.80. The maximum absolute atomic E-state index is 12.1. The first kappa shape index (κ1) is 19.2. The molecular formula is C20H25NO3S. The molecule has 0 unspecified atom stereocenters. The number of carbonyl (C=O) groups excluding carboxylic acids is 1. The van der Waals surface area contributed by atoms with Gasteiger partial charge < -0.3 is 14.8 Å². The van der Waals surface area contributed by atoms with E-state index >= 15 is 0 Å². The maximum Gasteiger partial charge on any atom is 0.224 e. The number of methoxy groups -OCH3 is 2. The van der Waals surface area contributed by atoms with Crippen molar-refractivity contribution in [3.63, 3.8) is 0 Å². The van der Waals surface area contributed by atoms with Gasteiger partial charge in [-0.1, -0.05) is 29.8 Å². The minimum Gasteiger partial charge on any atom is -0.497 e. The summed E-state index contributed by atoms with van der Waals surface area (Å²) in [6.45, 7) is 2.74. The van der Waals surface area contributed by atoms with Crippen molar-refractivity contribution in [3.8, 4) is 11.5 Å². The van der Waals surface area contributed by atoms with Gasteiger partial charge in [-0.3, -0.25) is 4.79 Å². The molecule has 2 aromatic carbocycles. The van der Waals surface area contributed by atoms with E-state index in [2.05, 4.69) is 36.5 Å². The Kier molecular flexibility index (Phi) is 7.67. The molecule has 0 heterocycles. The quantitative estimate of drug-likeness (QED) is 0.695. The summed E-state index contributed by atoms with van der Waals surface area (Å²) in [6, 6.07) is 14.0.